The van der Waals surface area contributed by atoms with Crippen molar-refractivity contribution in [3.63, 3.8) is 0 Å². The Morgan fingerprint density at radius 2 is 2.00 bits per heavy atom. The van der Waals surface area contributed by atoms with Crippen molar-refractivity contribution < 1.29 is 23.0 Å². The molecular weight excluding hydrogens is 456 g/mol. The molecular formula is C25H25F2N5O3. The minimum absolute atomic E-state index is 0.204. The number of ether oxygens (including phenoxy) is 2. The minimum Gasteiger partial charge on any atom is -0.453 e. The van der Waals surface area contributed by atoms with Gasteiger partial charge in [0.2, 0.25) is 0 Å². The lowest BCUT2D eigenvalue weighted by atomic mass is 10.0. The van der Waals surface area contributed by atoms with Crippen molar-refractivity contribution in [2.24, 2.45) is 7.05 Å². The summed E-state index contributed by atoms with van der Waals surface area (Å²) in [5, 5.41) is 0. The number of fused-ring (bicyclic) bond motifs is 1. The molecule has 0 saturated carbocycles. The van der Waals surface area contributed by atoms with Crippen LogP contribution in [0.1, 0.15) is 11.3 Å². The number of rotatable bonds is 4. The van der Waals surface area contributed by atoms with Gasteiger partial charge in [-0.2, -0.15) is 0 Å². The Labute approximate surface area is 200 Å². The first-order valence-electron chi connectivity index (χ1n) is 11.2. The fraction of sp³-hybridized carbons (Fsp3) is 0.320. The average molecular weight is 482 g/mol. The van der Waals surface area contributed by atoms with Gasteiger partial charge in [-0.25, -0.2) is 23.5 Å². The van der Waals surface area contributed by atoms with E-state index in [0.29, 0.717) is 48.8 Å². The lowest BCUT2D eigenvalue weighted by Crippen LogP contribution is -2.46. The van der Waals surface area contributed by atoms with Crippen LogP contribution in [0.3, 0.4) is 0 Å². The van der Waals surface area contributed by atoms with E-state index in [1.54, 1.807) is 28.9 Å². The molecule has 1 aliphatic heterocycles. The van der Waals surface area contributed by atoms with Crippen LogP contribution >= 0.6 is 0 Å². The Bertz CT molecular complexity index is 1390. The molecule has 10 heteroatoms. The molecule has 1 saturated heterocycles. The van der Waals surface area contributed by atoms with Crippen LogP contribution in [0, 0.1) is 18.6 Å². The van der Waals surface area contributed by atoms with Crippen molar-refractivity contribution in [1.82, 2.24) is 23.8 Å². The molecule has 0 N–H and O–H groups in total. The normalized spacial score (nSPS) is 16.1. The van der Waals surface area contributed by atoms with Gasteiger partial charge in [0.1, 0.15) is 23.1 Å². The fourth-order valence-electron chi connectivity index (χ4n) is 4.52. The Hall–Kier alpha value is -3.79. The third kappa shape index (κ3) is 4.25. The highest BCUT2D eigenvalue weighted by molar-refractivity contribution is 5.72. The highest BCUT2D eigenvalue weighted by Crippen LogP contribution is 2.34. The molecule has 3 aromatic heterocycles. The maximum absolute atomic E-state index is 15.5. The lowest BCUT2D eigenvalue weighted by Gasteiger charge is -2.32. The molecule has 1 atom stereocenters. The van der Waals surface area contributed by atoms with Crippen molar-refractivity contribution in [1.29, 1.82) is 0 Å². The molecule has 1 fully saturated rings. The van der Waals surface area contributed by atoms with Gasteiger partial charge in [0.25, 0.3) is 0 Å². The van der Waals surface area contributed by atoms with Crippen LogP contribution in [-0.4, -0.2) is 62.8 Å². The highest BCUT2D eigenvalue weighted by Gasteiger charge is 2.29. The molecule has 0 radical (unpaired) electrons. The largest absolute Gasteiger partial charge is 0.453 e. The van der Waals surface area contributed by atoms with E-state index in [-0.39, 0.29) is 17.4 Å². The number of amides is 1. The van der Waals surface area contributed by atoms with Gasteiger partial charge in [-0.15, -0.1) is 0 Å². The number of methoxy groups -OCH3 is 1. The molecule has 1 amide bonds. The quantitative estimate of drug-likeness (QED) is 0.441. The Morgan fingerprint density at radius 3 is 2.69 bits per heavy atom. The summed E-state index contributed by atoms with van der Waals surface area (Å²) < 4.78 is 45.2. The van der Waals surface area contributed by atoms with Gasteiger partial charge in [0, 0.05) is 44.2 Å². The number of aryl methyl sites for hydroxylation is 2. The van der Waals surface area contributed by atoms with Crippen molar-refractivity contribution in [3.8, 4) is 22.6 Å². The molecule has 182 valence electrons. The molecule has 1 unspecified atom stereocenters. The van der Waals surface area contributed by atoms with Crippen LogP contribution in [0.2, 0.25) is 0 Å². The molecule has 0 bridgehead atoms. The van der Waals surface area contributed by atoms with Crippen LogP contribution < -0.4 is 0 Å². The van der Waals surface area contributed by atoms with Crippen LogP contribution in [0.25, 0.3) is 28.3 Å². The smallest absolute Gasteiger partial charge is 0.409 e. The number of benzene rings is 1. The summed E-state index contributed by atoms with van der Waals surface area (Å²) in [6.45, 7) is 2.98. The highest BCUT2D eigenvalue weighted by atomic mass is 19.1. The SMILES string of the molecule is COC(=O)N1CCOC(Cc2c(-c3c(F)cc(-c4nccn4C)cc3F)nc3cc(C)ccn23)C1. The van der Waals surface area contributed by atoms with E-state index < -0.39 is 17.7 Å². The van der Waals surface area contributed by atoms with Crippen molar-refractivity contribution in [2.75, 3.05) is 26.8 Å². The predicted octanol–water partition coefficient (Wildman–Crippen LogP) is 4.00. The third-order valence-corrected chi connectivity index (χ3v) is 6.23. The Balaban J connectivity index is 1.59. The molecule has 1 aromatic carbocycles. The monoisotopic (exact) mass is 481 g/mol. The maximum Gasteiger partial charge on any atom is 0.409 e. The molecule has 4 aromatic rings. The van der Waals surface area contributed by atoms with Crippen LogP contribution in [0.15, 0.2) is 42.9 Å². The fourth-order valence-corrected chi connectivity index (χ4v) is 4.52. The number of pyridine rings is 1. The minimum atomic E-state index is -0.731. The van der Waals surface area contributed by atoms with Gasteiger partial charge in [0.15, 0.2) is 0 Å². The number of halogens is 2. The topological polar surface area (TPSA) is 73.9 Å². The van der Waals surface area contributed by atoms with Gasteiger partial charge in [-0.1, -0.05) is 0 Å². The lowest BCUT2D eigenvalue weighted by molar-refractivity contribution is -0.0241. The molecule has 5 rings (SSSR count). The summed E-state index contributed by atoms with van der Waals surface area (Å²) in [5.41, 5.74) is 2.47. The van der Waals surface area contributed by atoms with Crippen molar-refractivity contribution in [3.05, 3.63) is 65.7 Å². The second-order valence-corrected chi connectivity index (χ2v) is 8.63. The van der Waals surface area contributed by atoms with Crippen LogP contribution in [0.4, 0.5) is 13.6 Å². The van der Waals surface area contributed by atoms with E-state index >= 15 is 8.78 Å². The van der Waals surface area contributed by atoms with E-state index in [2.05, 4.69) is 9.97 Å². The predicted molar refractivity (Wildman–Crippen MR) is 125 cm³/mol. The second-order valence-electron chi connectivity index (χ2n) is 8.63. The number of aromatic nitrogens is 4. The molecule has 4 heterocycles. The molecule has 1 aliphatic rings. The number of imidazole rings is 2. The first-order chi connectivity index (χ1) is 16.9. The summed E-state index contributed by atoms with van der Waals surface area (Å²) in [4.78, 5) is 22.4. The summed E-state index contributed by atoms with van der Waals surface area (Å²) in [7, 11) is 3.09. The zero-order chi connectivity index (χ0) is 24.7. The van der Waals surface area contributed by atoms with E-state index in [1.807, 2.05) is 29.7 Å². The van der Waals surface area contributed by atoms with E-state index in [1.165, 1.54) is 19.2 Å². The van der Waals surface area contributed by atoms with Gasteiger partial charge in [-0.3, -0.25) is 0 Å². The van der Waals surface area contributed by atoms with Gasteiger partial charge in [-0.05, 0) is 36.8 Å². The summed E-state index contributed by atoms with van der Waals surface area (Å²) in [6.07, 6.45) is 4.59. The van der Waals surface area contributed by atoms with E-state index in [0.717, 1.165) is 5.56 Å². The maximum atomic E-state index is 15.5. The average Bonchev–Trinajstić information content (AvgIpc) is 3.41. The molecule has 0 spiro atoms. The Kier molecular flexibility index (Phi) is 5.98. The molecule has 8 nitrogen and oxygen atoms in total. The van der Waals surface area contributed by atoms with Crippen LogP contribution in [0.5, 0.6) is 0 Å². The number of carbonyl (C=O) groups is 1. The zero-order valence-corrected chi connectivity index (χ0v) is 19.7. The first-order valence-corrected chi connectivity index (χ1v) is 11.2. The molecule has 35 heavy (non-hydrogen) atoms. The van der Waals surface area contributed by atoms with Crippen LogP contribution in [-0.2, 0) is 22.9 Å². The zero-order valence-electron chi connectivity index (χ0n) is 19.7. The number of hydrogen-bond acceptors (Lipinski definition) is 5. The number of hydrogen-bond donors (Lipinski definition) is 0. The number of morpholine rings is 1. The summed E-state index contributed by atoms with van der Waals surface area (Å²) in [5.74, 6) is -1.01. The second kappa shape index (κ2) is 9.10. The van der Waals surface area contributed by atoms with Crippen molar-refractivity contribution >= 4 is 11.7 Å². The van der Waals surface area contributed by atoms with Gasteiger partial charge >= 0.3 is 6.09 Å². The van der Waals surface area contributed by atoms with Gasteiger partial charge in [0.05, 0.1) is 43.3 Å². The van der Waals surface area contributed by atoms with Gasteiger partial charge < -0.3 is 23.3 Å². The first kappa shape index (κ1) is 23.0. The Morgan fingerprint density at radius 1 is 1.23 bits per heavy atom. The summed E-state index contributed by atoms with van der Waals surface area (Å²) >= 11 is 0. The number of carbonyl (C=O) groups excluding carboxylic acids is 1. The molecule has 0 aliphatic carbocycles. The number of nitrogens with zero attached hydrogens (tertiary/aromatic N) is 5. The van der Waals surface area contributed by atoms with E-state index in [4.69, 9.17) is 9.47 Å². The summed E-state index contributed by atoms with van der Waals surface area (Å²) in [6, 6.07) is 6.31. The van der Waals surface area contributed by atoms with Crippen molar-refractivity contribution in [2.45, 2.75) is 19.4 Å². The third-order valence-electron chi connectivity index (χ3n) is 6.23. The standard InChI is InChI=1S/C25H25F2N5O3/c1-15-4-6-32-20(13-17-14-31(8-9-35-17)25(33)34-3)23(29-21(32)10-15)22-18(26)11-16(12-19(22)27)24-28-5-7-30(24)2/h4-7,10-12,17H,8-9,13-14H2,1-3H3. The van der Waals surface area contributed by atoms with E-state index in [9.17, 15) is 4.79 Å².